The molecule has 6 heteroatoms. The highest BCUT2D eigenvalue weighted by Crippen LogP contribution is 2.10. The van der Waals surface area contributed by atoms with Gasteiger partial charge in [-0.15, -0.1) is 0 Å². The predicted molar refractivity (Wildman–Crippen MR) is 78.0 cm³/mol. The van der Waals surface area contributed by atoms with Gasteiger partial charge in [-0.05, 0) is 45.7 Å². The zero-order valence-corrected chi connectivity index (χ0v) is 12.5. The second-order valence-corrected chi connectivity index (χ2v) is 4.62. The van der Waals surface area contributed by atoms with Crippen LogP contribution < -0.4 is 16.8 Å². The molecule has 6 nitrogen and oxygen atoms in total. The number of carboxylic acids is 1. The molecule has 116 valence electrons. The minimum atomic E-state index is -1.14. The van der Waals surface area contributed by atoms with Crippen LogP contribution in [0.25, 0.3) is 0 Å². The lowest BCUT2D eigenvalue weighted by Gasteiger charge is -2.18. The molecule has 0 aromatic carbocycles. The number of carbonyl (C=O) groups is 1. The van der Waals surface area contributed by atoms with E-state index in [1.54, 1.807) is 0 Å². The van der Waals surface area contributed by atoms with Crippen LogP contribution in [0, 0.1) is 0 Å². The van der Waals surface area contributed by atoms with Crippen LogP contribution in [0.4, 0.5) is 0 Å². The van der Waals surface area contributed by atoms with Crippen LogP contribution in [0.5, 0.6) is 0 Å². The van der Waals surface area contributed by atoms with Crippen LogP contribution in [0.3, 0.4) is 0 Å². The Kier molecular flexibility index (Phi) is 13.4. The van der Waals surface area contributed by atoms with Crippen molar-refractivity contribution in [3.05, 3.63) is 0 Å². The Morgan fingerprint density at radius 1 is 1.37 bits per heavy atom. The van der Waals surface area contributed by atoms with Gasteiger partial charge >= 0.3 is 5.97 Å². The summed E-state index contributed by atoms with van der Waals surface area (Å²) in [6, 6.07) is 0. The van der Waals surface area contributed by atoms with Gasteiger partial charge in [-0.2, -0.15) is 0 Å². The molecule has 0 aliphatic rings. The van der Waals surface area contributed by atoms with Gasteiger partial charge in [0.25, 0.3) is 0 Å². The SMILES string of the molecule is CC.CC(N)(CCCCNC[C@H](O)CCN)C(=O)O. The maximum Gasteiger partial charge on any atom is 0.323 e. The van der Waals surface area contributed by atoms with Crippen LogP contribution >= 0.6 is 0 Å². The normalized spacial score (nSPS) is 15.1. The first-order chi connectivity index (χ1) is 8.90. The highest BCUT2D eigenvalue weighted by molar-refractivity contribution is 5.77. The van der Waals surface area contributed by atoms with E-state index in [9.17, 15) is 9.90 Å². The van der Waals surface area contributed by atoms with Crippen molar-refractivity contribution in [2.45, 2.75) is 58.1 Å². The smallest absolute Gasteiger partial charge is 0.323 e. The number of carboxylic acid groups (broad SMARTS) is 1. The molecular weight excluding hydrogens is 246 g/mol. The quantitative estimate of drug-likeness (QED) is 0.366. The first-order valence-corrected chi connectivity index (χ1v) is 7.01. The molecule has 0 heterocycles. The summed E-state index contributed by atoms with van der Waals surface area (Å²) in [5.41, 5.74) is 9.75. The third-order valence-corrected chi connectivity index (χ3v) is 2.67. The number of unbranched alkanes of at least 4 members (excludes halogenated alkanes) is 1. The summed E-state index contributed by atoms with van der Waals surface area (Å²) in [6.07, 6.45) is 2.23. The molecule has 0 aliphatic heterocycles. The van der Waals surface area contributed by atoms with Crippen molar-refractivity contribution in [1.29, 1.82) is 0 Å². The van der Waals surface area contributed by atoms with Crippen LogP contribution in [-0.2, 0) is 4.79 Å². The second-order valence-electron chi connectivity index (χ2n) is 4.62. The van der Waals surface area contributed by atoms with E-state index in [-0.39, 0.29) is 0 Å². The molecule has 19 heavy (non-hydrogen) atoms. The van der Waals surface area contributed by atoms with Crippen LogP contribution in [0.1, 0.15) is 46.5 Å². The van der Waals surface area contributed by atoms with Crippen molar-refractivity contribution in [2.24, 2.45) is 11.5 Å². The molecule has 0 aliphatic carbocycles. The van der Waals surface area contributed by atoms with E-state index in [1.807, 2.05) is 13.8 Å². The Morgan fingerprint density at radius 3 is 2.42 bits per heavy atom. The zero-order chi connectivity index (χ0) is 15.3. The molecule has 0 aromatic rings. The number of hydrogen-bond donors (Lipinski definition) is 5. The number of aliphatic hydroxyl groups is 1. The molecule has 0 fully saturated rings. The molecule has 0 spiro atoms. The number of nitrogens with one attached hydrogen (secondary N) is 1. The molecule has 0 bridgehead atoms. The van der Waals surface area contributed by atoms with Crippen molar-refractivity contribution in [3.63, 3.8) is 0 Å². The van der Waals surface area contributed by atoms with Gasteiger partial charge in [0.2, 0.25) is 0 Å². The van der Waals surface area contributed by atoms with Gasteiger partial charge in [0, 0.05) is 6.54 Å². The van der Waals surface area contributed by atoms with Crippen LogP contribution in [-0.4, -0.2) is 47.5 Å². The fourth-order valence-corrected chi connectivity index (χ4v) is 1.41. The summed E-state index contributed by atoms with van der Waals surface area (Å²) in [6.45, 7) is 7.27. The van der Waals surface area contributed by atoms with E-state index in [1.165, 1.54) is 6.92 Å². The lowest BCUT2D eigenvalue weighted by molar-refractivity contribution is -0.142. The summed E-state index contributed by atoms with van der Waals surface area (Å²) in [4.78, 5) is 10.7. The van der Waals surface area contributed by atoms with E-state index in [0.717, 1.165) is 19.4 Å². The third kappa shape index (κ3) is 12.1. The maximum absolute atomic E-state index is 10.7. The average molecular weight is 277 g/mol. The van der Waals surface area contributed by atoms with Crippen molar-refractivity contribution in [3.8, 4) is 0 Å². The molecule has 0 saturated carbocycles. The summed E-state index contributed by atoms with van der Waals surface area (Å²) in [5.74, 6) is -0.969. The van der Waals surface area contributed by atoms with Crippen molar-refractivity contribution in [2.75, 3.05) is 19.6 Å². The van der Waals surface area contributed by atoms with Gasteiger partial charge in [-0.1, -0.05) is 13.8 Å². The van der Waals surface area contributed by atoms with Gasteiger partial charge in [0.15, 0.2) is 0 Å². The fraction of sp³-hybridized carbons (Fsp3) is 0.923. The Bertz CT molecular complexity index is 223. The molecule has 1 unspecified atom stereocenters. The lowest BCUT2D eigenvalue weighted by Crippen LogP contribution is -2.44. The van der Waals surface area contributed by atoms with Crippen LogP contribution in [0.2, 0.25) is 0 Å². The van der Waals surface area contributed by atoms with Gasteiger partial charge in [0.1, 0.15) is 5.54 Å². The number of aliphatic carboxylic acids is 1. The topological polar surface area (TPSA) is 122 Å². The highest BCUT2D eigenvalue weighted by atomic mass is 16.4. The zero-order valence-electron chi connectivity index (χ0n) is 12.5. The molecule has 0 radical (unpaired) electrons. The third-order valence-electron chi connectivity index (χ3n) is 2.67. The standard InChI is InChI=1S/C11H25N3O3.C2H6/c1-11(13,10(16)17)5-2-3-7-14-8-9(15)4-6-12;1-2/h9,14-15H,2-8,12-13H2,1H3,(H,16,17);1-2H3/t9-,11?;/m1./s1. The maximum atomic E-state index is 10.7. The van der Waals surface area contributed by atoms with Gasteiger partial charge < -0.3 is 27.0 Å². The summed E-state index contributed by atoms with van der Waals surface area (Å²) in [5, 5.41) is 21.2. The summed E-state index contributed by atoms with van der Waals surface area (Å²) < 4.78 is 0. The molecule has 0 saturated heterocycles. The molecular formula is C13H31N3O3. The molecule has 0 rings (SSSR count). The minimum absolute atomic E-state index is 0.404. The minimum Gasteiger partial charge on any atom is -0.480 e. The van der Waals surface area contributed by atoms with Crippen molar-refractivity contribution >= 4 is 5.97 Å². The molecule has 0 amide bonds. The van der Waals surface area contributed by atoms with E-state index >= 15 is 0 Å². The second kappa shape index (κ2) is 12.3. The van der Waals surface area contributed by atoms with E-state index < -0.39 is 17.6 Å². The first-order valence-electron chi connectivity index (χ1n) is 7.01. The molecule has 0 aromatic heterocycles. The number of rotatable bonds is 10. The molecule has 2 atom stereocenters. The largest absolute Gasteiger partial charge is 0.480 e. The molecule has 7 N–H and O–H groups in total. The highest BCUT2D eigenvalue weighted by Gasteiger charge is 2.26. The van der Waals surface area contributed by atoms with Gasteiger partial charge in [-0.25, -0.2) is 0 Å². The Hall–Kier alpha value is -0.690. The van der Waals surface area contributed by atoms with E-state index in [0.29, 0.717) is 25.9 Å². The van der Waals surface area contributed by atoms with Gasteiger partial charge in [0.05, 0.1) is 6.10 Å². The number of hydrogen-bond acceptors (Lipinski definition) is 5. The lowest BCUT2D eigenvalue weighted by atomic mass is 9.96. The average Bonchev–Trinajstić information content (AvgIpc) is 2.36. The summed E-state index contributed by atoms with van der Waals surface area (Å²) >= 11 is 0. The van der Waals surface area contributed by atoms with Gasteiger partial charge in [-0.3, -0.25) is 4.79 Å². The summed E-state index contributed by atoms with van der Waals surface area (Å²) in [7, 11) is 0. The Labute approximate surface area is 116 Å². The first kappa shape index (κ1) is 20.6. The van der Waals surface area contributed by atoms with Crippen LogP contribution in [0.15, 0.2) is 0 Å². The Morgan fingerprint density at radius 2 is 1.95 bits per heavy atom. The Balaban J connectivity index is 0. The van der Waals surface area contributed by atoms with Crippen molar-refractivity contribution < 1.29 is 15.0 Å². The number of aliphatic hydroxyl groups excluding tert-OH is 1. The van der Waals surface area contributed by atoms with Crippen molar-refractivity contribution in [1.82, 2.24) is 5.32 Å². The number of nitrogens with two attached hydrogens (primary N) is 2. The van der Waals surface area contributed by atoms with E-state index in [2.05, 4.69) is 5.32 Å². The monoisotopic (exact) mass is 277 g/mol. The van der Waals surface area contributed by atoms with E-state index in [4.69, 9.17) is 16.6 Å². The predicted octanol–water partition coefficient (Wildman–Crippen LogP) is 0.284. The fourth-order valence-electron chi connectivity index (χ4n) is 1.41.